The molecule has 4 rings (SSSR count). The molecule has 0 aliphatic carbocycles. The van der Waals surface area contributed by atoms with Gasteiger partial charge >= 0.3 is 0 Å². The number of benzene rings is 2. The fraction of sp³-hybridized carbons (Fsp3) is 0.375. The van der Waals surface area contributed by atoms with E-state index in [-0.39, 0.29) is 23.3 Å². The number of hydrogen-bond acceptors (Lipinski definition) is 3. The zero-order chi connectivity index (χ0) is 21.5. The first kappa shape index (κ1) is 20.1. The normalized spacial score (nSPS) is 16.8. The van der Waals surface area contributed by atoms with Crippen LogP contribution in [-0.2, 0) is 17.6 Å². The first-order valence-corrected chi connectivity index (χ1v) is 10.4. The van der Waals surface area contributed by atoms with Gasteiger partial charge in [0.05, 0.1) is 17.4 Å². The number of aromatic amines is 1. The Morgan fingerprint density at radius 1 is 1.13 bits per heavy atom. The summed E-state index contributed by atoms with van der Waals surface area (Å²) < 4.78 is 0. The van der Waals surface area contributed by atoms with Crippen LogP contribution < -0.4 is 5.32 Å². The van der Waals surface area contributed by atoms with Crippen molar-refractivity contribution in [2.45, 2.75) is 46.6 Å². The first-order valence-electron chi connectivity index (χ1n) is 10.4. The van der Waals surface area contributed by atoms with Crippen molar-refractivity contribution in [2.24, 2.45) is 5.41 Å². The zero-order valence-electron chi connectivity index (χ0n) is 18.0. The minimum absolute atomic E-state index is 0.0382. The Kier molecular flexibility index (Phi) is 5.10. The van der Waals surface area contributed by atoms with Crippen LogP contribution in [0.25, 0.3) is 11.0 Å². The average molecular weight is 405 g/mol. The molecule has 0 spiro atoms. The number of aromatic nitrogens is 2. The van der Waals surface area contributed by atoms with Crippen molar-refractivity contribution in [3.05, 3.63) is 59.4 Å². The number of anilines is 1. The lowest BCUT2D eigenvalue weighted by Gasteiger charge is -2.39. The molecule has 1 aliphatic heterocycles. The lowest BCUT2D eigenvalue weighted by atomic mass is 9.81. The number of hydrogen-bond donors (Lipinski definition) is 2. The summed E-state index contributed by atoms with van der Waals surface area (Å²) in [6.07, 6.45) is 3.19. The van der Waals surface area contributed by atoms with Gasteiger partial charge in [-0.15, -0.1) is 0 Å². The van der Waals surface area contributed by atoms with Gasteiger partial charge in [0.2, 0.25) is 5.91 Å². The zero-order valence-corrected chi connectivity index (χ0v) is 18.0. The van der Waals surface area contributed by atoms with Gasteiger partial charge in [-0.3, -0.25) is 9.59 Å². The summed E-state index contributed by atoms with van der Waals surface area (Å²) in [5.74, 6) is -0.0386. The lowest BCUT2D eigenvalue weighted by Crippen LogP contribution is -2.48. The largest absolute Gasteiger partial charge is 0.345 e. The highest BCUT2D eigenvalue weighted by Crippen LogP contribution is 2.33. The standard InChI is InChI=1S/C24H28N4O2/c1-15(29)27-19-7-5-16-9-10-28(22(24(2,3)4)13-18(16)11-19)23(30)17-6-8-20-21(12-17)26-14-25-20/h5-8,11-12,14,22H,9-10,13H2,1-4H3,(H,25,26)(H,27,29). The number of carbonyl (C=O) groups excluding carboxylic acids is 2. The van der Waals surface area contributed by atoms with Crippen molar-refractivity contribution in [3.63, 3.8) is 0 Å². The molecular weight excluding hydrogens is 376 g/mol. The highest BCUT2D eigenvalue weighted by Gasteiger charge is 2.36. The Hall–Kier alpha value is -3.15. The van der Waals surface area contributed by atoms with E-state index < -0.39 is 0 Å². The Balaban J connectivity index is 1.68. The molecule has 0 fully saturated rings. The highest BCUT2D eigenvalue weighted by molar-refractivity contribution is 5.97. The molecule has 0 saturated carbocycles. The van der Waals surface area contributed by atoms with Gasteiger partial charge in [0.15, 0.2) is 0 Å². The van der Waals surface area contributed by atoms with Gasteiger partial charge in [-0.25, -0.2) is 4.98 Å². The minimum atomic E-state index is -0.0978. The van der Waals surface area contributed by atoms with Crippen LogP contribution in [0.2, 0.25) is 0 Å². The van der Waals surface area contributed by atoms with E-state index in [4.69, 9.17) is 0 Å². The number of nitrogens with zero attached hydrogens (tertiary/aromatic N) is 2. The van der Waals surface area contributed by atoms with Crippen molar-refractivity contribution in [1.29, 1.82) is 0 Å². The van der Waals surface area contributed by atoms with Crippen molar-refractivity contribution >= 4 is 28.5 Å². The molecule has 2 heterocycles. The summed E-state index contributed by atoms with van der Waals surface area (Å²) in [5, 5.41) is 2.87. The monoisotopic (exact) mass is 404 g/mol. The molecule has 6 heteroatoms. The number of amides is 2. The fourth-order valence-electron chi connectivity index (χ4n) is 4.31. The minimum Gasteiger partial charge on any atom is -0.345 e. The number of H-pyrrole nitrogens is 1. The second-order valence-corrected chi connectivity index (χ2v) is 9.13. The maximum absolute atomic E-state index is 13.6. The third-order valence-corrected chi connectivity index (χ3v) is 5.87. The van der Waals surface area contributed by atoms with Crippen LogP contribution in [-0.4, -0.2) is 39.3 Å². The van der Waals surface area contributed by atoms with Crippen LogP contribution in [0.3, 0.4) is 0 Å². The average Bonchev–Trinajstić information content (AvgIpc) is 3.05. The van der Waals surface area contributed by atoms with Gasteiger partial charge in [0, 0.05) is 30.8 Å². The molecule has 2 N–H and O–H groups in total. The van der Waals surface area contributed by atoms with Gasteiger partial charge < -0.3 is 15.2 Å². The van der Waals surface area contributed by atoms with Crippen molar-refractivity contribution < 1.29 is 9.59 Å². The van der Waals surface area contributed by atoms with Crippen molar-refractivity contribution in [1.82, 2.24) is 14.9 Å². The maximum Gasteiger partial charge on any atom is 0.254 e. The van der Waals surface area contributed by atoms with Crippen LogP contribution in [0, 0.1) is 5.41 Å². The van der Waals surface area contributed by atoms with Crippen molar-refractivity contribution in [3.8, 4) is 0 Å². The van der Waals surface area contributed by atoms with Crippen LogP contribution >= 0.6 is 0 Å². The van der Waals surface area contributed by atoms with Gasteiger partial charge in [0.25, 0.3) is 5.91 Å². The van der Waals surface area contributed by atoms with E-state index in [1.165, 1.54) is 18.1 Å². The van der Waals surface area contributed by atoms with Gasteiger partial charge in [-0.2, -0.15) is 0 Å². The van der Waals surface area contributed by atoms with E-state index in [0.717, 1.165) is 29.6 Å². The van der Waals surface area contributed by atoms with Crippen LogP contribution in [0.15, 0.2) is 42.7 Å². The Morgan fingerprint density at radius 3 is 2.67 bits per heavy atom. The fourth-order valence-corrected chi connectivity index (χ4v) is 4.31. The molecule has 0 saturated heterocycles. The van der Waals surface area contributed by atoms with E-state index in [1.807, 2.05) is 29.2 Å². The summed E-state index contributed by atoms with van der Waals surface area (Å²) in [6.45, 7) is 8.71. The van der Waals surface area contributed by atoms with E-state index in [1.54, 1.807) is 6.33 Å². The van der Waals surface area contributed by atoms with E-state index in [9.17, 15) is 9.59 Å². The molecule has 2 aromatic carbocycles. The topological polar surface area (TPSA) is 78.1 Å². The first-order chi connectivity index (χ1) is 14.2. The van der Waals surface area contributed by atoms with Crippen LogP contribution in [0.4, 0.5) is 5.69 Å². The van der Waals surface area contributed by atoms with Crippen LogP contribution in [0.5, 0.6) is 0 Å². The summed E-state index contributed by atoms with van der Waals surface area (Å²) >= 11 is 0. The Bertz CT molecular complexity index is 1110. The molecule has 30 heavy (non-hydrogen) atoms. The van der Waals surface area contributed by atoms with E-state index in [0.29, 0.717) is 12.1 Å². The summed E-state index contributed by atoms with van der Waals surface area (Å²) in [6, 6.07) is 11.7. The van der Waals surface area contributed by atoms with Gasteiger partial charge in [-0.05, 0) is 59.7 Å². The smallest absolute Gasteiger partial charge is 0.254 e. The molecule has 0 radical (unpaired) electrons. The molecule has 1 unspecified atom stereocenters. The number of imidazole rings is 1. The third kappa shape index (κ3) is 3.95. The van der Waals surface area contributed by atoms with Gasteiger partial charge in [-0.1, -0.05) is 26.8 Å². The van der Waals surface area contributed by atoms with E-state index in [2.05, 4.69) is 48.2 Å². The predicted molar refractivity (Wildman–Crippen MR) is 119 cm³/mol. The molecule has 156 valence electrons. The molecule has 1 aromatic heterocycles. The molecule has 0 bridgehead atoms. The molecule has 1 atom stereocenters. The molecule has 3 aromatic rings. The number of rotatable bonds is 2. The highest BCUT2D eigenvalue weighted by atomic mass is 16.2. The Morgan fingerprint density at radius 2 is 1.93 bits per heavy atom. The molecular formula is C24H28N4O2. The Labute approximate surface area is 176 Å². The molecule has 2 amide bonds. The second-order valence-electron chi connectivity index (χ2n) is 9.13. The third-order valence-electron chi connectivity index (χ3n) is 5.87. The number of fused-ring (bicyclic) bond motifs is 2. The van der Waals surface area contributed by atoms with Gasteiger partial charge in [0.1, 0.15) is 0 Å². The summed E-state index contributed by atoms with van der Waals surface area (Å²) in [7, 11) is 0. The quantitative estimate of drug-likeness (QED) is 0.673. The summed E-state index contributed by atoms with van der Waals surface area (Å²) in [4.78, 5) is 34.4. The number of nitrogens with one attached hydrogen (secondary N) is 2. The second kappa shape index (κ2) is 7.59. The lowest BCUT2D eigenvalue weighted by molar-refractivity contribution is -0.114. The predicted octanol–water partition coefficient (Wildman–Crippen LogP) is 4.18. The summed E-state index contributed by atoms with van der Waals surface area (Å²) in [5.41, 5.74) is 5.53. The van der Waals surface area contributed by atoms with E-state index >= 15 is 0 Å². The number of carbonyl (C=O) groups is 2. The molecule has 6 nitrogen and oxygen atoms in total. The van der Waals surface area contributed by atoms with Crippen LogP contribution in [0.1, 0.15) is 49.2 Å². The van der Waals surface area contributed by atoms with Crippen molar-refractivity contribution in [2.75, 3.05) is 11.9 Å². The maximum atomic E-state index is 13.6. The molecule has 1 aliphatic rings. The SMILES string of the molecule is CC(=O)Nc1ccc2c(c1)CC(C(C)(C)C)N(C(=O)c1ccc3nc[nH]c3c1)CC2.